The fourth-order valence-corrected chi connectivity index (χ4v) is 4.44. The van der Waals surface area contributed by atoms with Crippen LogP contribution in [0.25, 0.3) is 11.1 Å². The van der Waals surface area contributed by atoms with Crippen molar-refractivity contribution >= 4 is 18.0 Å². The highest BCUT2D eigenvalue weighted by molar-refractivity contribution is 5.81. The zero-order valence-corrected chi connectivity index (χ0v) is 18.1. The first kappa shape index (κ1) is 23.6. The van der Waals surface area contributed by atoms with Crippen LogP contribution in [-0.4, -0.2) is 60.9 Å². The molecule has 180 valence electrons. The fraction of sp³-hybridized carbons (Fsp3) is 0.375. The van der Waals surface area contributed by atoms with E-state index in [9.17, 15) is 23.2 Å². The quantitative estimate of drug-likeness (QED) is 0.542. The molecule has 0 radical (unpaired) electrons. The highest BCUT2D eigenvalue weighted by atomic mass is 19.3. The molecule has 3 atom stereocenters. The maximum atomic E-state index is 13.5. The van der Waals surface area contributed by atoms with Crippen LogP contribution in [0.15, 0.2) is 48.5 Å². The molecule has 0 bridgehead atoms. The minimum atomic E-state index is -3.03. The average molecular weight is 474 g/mol. The third-order valence-electron chi connectivity index (χ3n) is 6.04. The molecule has 0 spiro atoms. The number of carbonyl (C=O) groups is 3. The van der Waals surface area contributed by atoms with Gasteiger partial charge >= 0.3 is 12.1 Å². The van der Waals surface area contributed by atoms with Gasteiger partial charge in [-0.05, 0) is 28.7 Å². The lowest BCUT2D eigenvalue weighted by Crippen LogP contribution is -2.48. The van der Waals surface area contributed by atoms with Crippen molar-refractivity contribution in [1.82, 2.24) is 10.6 Å². The Morgan fingerprint density at radius 1 is 1.06 bits per heavy atom. The van der Waals surface area contributed by atoms with Crippen molar-refractivity contribution < 1.29 is 37.7 Å². The number of rotatable bonds is 8. The van der Waals surface area contributed by atoms with E-state index in [1.165, 1.54) is 0 Å². The molecule has 3 unspecified atom stereocenters. The molecule has 2 amide bonds. The summed E-state index contributed by atoms with van der Waals surface area (Å²) in [4.78, 5) is 35.7. The molecule has 2 aromatic rings. The zero-order valence-electron chi connectivity index (χ0n) is 18.1. The fourth-order valence-electron chi connectivity index (χ4n) is 4.44. The van der Waals surface area contributed by atoms with Gasteiger partial charge < -0.3 is 25.2 Å². The van der Waals surface area contributed by atoms with E-state index in [-0.39, 0.29) is 25.6 Å². The number of carboxylic acid groups (broad SMARTS) is 1. The largest absolute Gasteiger partial charge is 0.479 e. The molecule has 2 aromatic carbocycles. The molecule has 1 saturated heterocycles. The molecule has 1 aliphatic carbocycles. The normalized spacial score (nSPS) is 19.9. The van der Waals surface area contributed by atoms with Gasteiger partial charge in [0.15, 0.2) is 6.10 Å². The Morgan fingerprint density at radius 2 is 1.68 bits per heavy atom. The Morgan fingerprint density at radius 3 is 2.26 bits per heavy atom. The topological polar surface area (TPSA) is 114 Å². The van der Waals surface area contributed by atoms with Gasteiger partial charge in [-0.1, -0.05) is 48.5 Å². The van der Waals surface area contributed by atoms with Crippen molar-refractivity contribution in [2.45, 2.75) is 43.4 Å². The van der Waals surface area contributed by atoms with Crippen LogP contribution in [0.4, 0.5) is 13.6 Å². The minimum Gasteiger partial charge on any atom is -0.479 e. The van der Waals surface area contributed by atoms with Crippen LogP contribution in [0.3, 0.4) is 0 Å². The van der Waals surface area contributed by atoms with Crippen molar-refractivity contribution in [3.63, 3.8) is 0 Å². The van der Waals surface area contributed by atoms with Gasteiger partial charge in [0.1, 0.15) is 12.6 Å². The number of amides is 2. The van der Waals surface area contributed by atoms with E-state index in [0.29, 0.717) is 0 Å². The van der Waals surface area contributed by atoms with Gasteiger partial charge in [0.2, 0.25) is 5.91 Å². The lowest BCUT2D eigenvalue weighted by molar-refractivity contribution is -0.148. The third kappa shape index (κ3) is 5.01. The van der Waals surface area contributed by atoms with Crippen molar-refractivity contribution in [1.29, 1.82) is 0 Å². The van der Waals surface area contributed by atoms with E-state index < -0.39 is 49.0 Å². The number of alkyl halides is 2. The highest BCUT2D eigenvalue weighted by Gasteiger charge is 2.36. The first-order chi connectivity index (χ1) is 16.3. The Hall–Kier alpha value is -3.53. The SMILES string of the molecule is O=C(CC(NC(=O)OCC1c2ccccc2-c2ccccc21)C(F)F)NC1CCOC1C(=O)O. The number of alkyl carbamates (subject to hydrolysis) is 1. The molecule has 34 heavy (non-hydrogen) atoms. The molecule has 8 nitrogen and oxygen atoms in total. The molecule has 3 N–H and O–H groups in total. The lowest BCUT2D eigenvalue weighted by atomic mass is 9.98. The number of carboxylic acids is 1. The number of halogens is 2. The number of benzene rings is 2. The van der Waals surface area contributed by atoms with Gasteiger partial charge in [-0.3, -0.25) is 4.79 Å². The summed E-state index contributed by atoms with van der Waals surface area (Å²) in [7, 11) is 0. The molecule has 0 aromatic heterocycles. The summed E-state index contributed by atoms with van der Waals surface area (Å²) in [5.41, 5.74) is 4.02. The van der Waals surface area contributed by atoms with Crippen LogP contribution in [0.1, 0.15) is 29.9 Å². The number of hydrogen-bond acceptors (Lipinski definition) is 5. The molecule has 1 aliphatic heterocycles. The van der Waals surface area contributed by atoms with Crippen LogP contribution in [0.5, 0.6) is 0 Å². The monoisotopic (exact) mass is 474 g/mol. The first-order valence-corrected chi connectivity index (χ1v) is 10.9. The summed E-state index contributed by atoms with van der Waals surface area (Å²) in [6.45, 7) is 0.0832. The predicted molar refractivity (Wildman–Crippen MR) is 117 cm³/mol. The molecule has 1 fully saturated rings. The standard InChI is InChI=1S/C24H24F2N2O6/c25-22(26)19(11-20(29)27-18-9-10-33-21(18)23(30)31)28-24(32)34-12-17-15-7-3-1-5-13(15)14-6-2-4-8-16(14)17/h1-8,17-19,21-22H,9-12H2,(H,27,29)(H,28,32)(H,30,31). The number of fused-ring (bicyclic) bond motifs is 3. The zero-order chi connectivity index (χ0) is 24.2. The lowest BCUT2D eigenvalue weighted by Gasteiger charge is -2.21. The number of nitrogens with one attached hydrogen (secondary N) is 2. The van der Waals surface area contributed by atoms with Gasteiger partial charge in [0.25, 0.3) is 6.43 Å². The molecule has 4 rings (SSSR count). The molecular weight excluding hydrogens is 450 g/mol. The van der Waals surface area contributed by atoms with Crippen molar-refractivity contribution in [3.8, 4) is 11.1 Å². The summed E-state index contributed by atoms with van der Waals surface area (Å²) in [5, 5.41) is 13.5. The second-order valence-corrected chi connectivity index (χ2v) is 8.21. The van der Waals surface area contributed by atoms with Gasteiger partial charge in [-0.2, -0.15) is 0 Å². The van der Waals surface area contributed by atoms with Crippen LogP contribution < -0.4 is 10.6 Å². The first-order valence-electron chi connectivity index (χ1n) is 10.9. The Bertz CT molecular complexity index is 1030. The Labute approximate surface area is 194 Å². The van der Waals surface area contributed by atoms with E-state index in [4.69, 9.17) is 14.6 Å². The van der Waals surface area contributed by atoms with E-state index in [1.54, 1.807) is 0 Å². The van der Waals surface area contributed by atoms with E-state index in [1.807, 2.05) is 48.5 Å². The van der Waals surface area contributed by atoms with Crippen LogP contribution in [-0.2, 0) is 19.1 Å². The maximum absolute atomic E-state index is 13.5. The number of aliphatic carboxylic acids is 1. The van der Waals surface area contributed by atoms with Crippen LogP contribution in [0.2, 0.25) is 0 Å². The van der Waals surface area contributed by atoms with Crippen molar-refractivity contribution in [2.75, 3.05) is 13.2 Å². The van der Waals surface area contributed by atoms with E-state index >= 15 is 0 Å². The summed E-state index contributed by atoms with van der Waals surface area (Å²) in [6, 6.07) is 12.8. The molecule has 1 heterocycles. The van der Waals surface area contributed by atoms with Gasteiger partial charge in [0.05, 0.1) is 12.5 Å². The Balaban J connectivity index is 1.34. The molecule has 10 heteroatoms. The second kappa shape index (κ2) is 10.2. The summed E-state index contributed by atoms with van der Waals surface area (Å²) >= 11 is 0. The van der Waals surface area contributed by atoms with Gasteiger partial charge in [0, 0.05) is 12.5 Å². The second-order valence-electron chi connectivity index (χ2n) is 8.21. The van der Waals surface area contributed by atoms with Crippen molar-refractivity contribution in [2.24, 2.45) is 0 Å². The summed E-state index contributed by atoms with van der Waals surface area (Å²) < 4.78 is 37.3. The molecular formula is C24H24F2N2O6. The van der Waals surface area contributed by atoms with Gasteiger partial charge in [-0.25, -0.2) is 18.4 Å². The third-order valence-corrected chi connectivity index (χ3v) is 6.04. The maximum Gasteiger partial charge on any atom is 0.407 e. The number of carbonyl (C=O) groups excluding carboxylic acids is 2. The number of ether oxygens (including phenoxy) is 2. The average Bonchev–Trinajstić information content (AvgIpc) is 3.40. The smallest absolute Gasteiger partial charge is 0.407 e. The summed E-state index contributed by atoms with van der Waals surface area (Å²) in [6.07, 6.45) is -5.80. The Kier molecular flexibility index (Phi) is 7.06. The van der Waals surface area contributed by atoms with E-state index in [2.05, 4.69) is 10.6 Å². The molecule has 0 saturated carbocycles. The number of hydrogen-bond donors (Lipinski definition) is 3. The van der Waals surface area contributed by atoms with Gasteiger partial charge in [-0.15, -0.1) is 0 Å². The highest BCUT2D eigenvalue weighted by Crippen LogP contribution is 2.44. The van der Waals surface area contributed by atoms with Crippen LogP contribution >= 0.6 is 0 Å². The minimum absolute atomic E-state index is 0.0539. The van der Waals surface area contributed by atoms with E-state index in [0.717, 1.165) is 22.3 Å². The summed E-state index contributed by atoms with van der Waals surface area (Å²) in [5.74, 6) is -2.29. The van der Waals surface area contributed by atoms with Crippen molar-refractivity contribution in [3.05, 3.63) is 59.7 Å². The predicted octanol–water partition coefficient (Wildman–Crippen LogP) is 2.91. The van der Waals surface area contributed by atoms with Crippen LogP contribution in [0, 0.1) is 0 Å². The molecule has 2 aliphatic rings.